The van der Waals surface area contributed by atoms with Gasteiger partial charge < -0.3 is 10.4 Å². The summed E-state index contributed by atoms with van der Waals surface area (Å²) in [4.78, 5) is 21.3. The second-order valence-corrected chi connectivity index (χ2v) is 6.81. The van der Waals surface area contributed by atoms with Crippen LogP contribution in [0.25, 0.3) is 0 Å². The Morgan fingerprint density at radius 1 is 1.48 bits per heavy atom. The lowest BCUT2D eigenvalue weighted by atomic mass is 9.85. The van der Waals surface area contributed by atoms with Crippen LogP contribution < -0.4 is 5.32 Å². The number of aromatic nitrogens is 2. The van der Waals surface area contributed by atoms with Crippen LogP contribution in [0, 0.1) is 5.92 Å². The molecule has 0 atom stereocenters. The Morgan fingerprint density at radius 3 is 2.86 bits per heavy atom. The molecule has 2 fully saturated rings. The van der Waals surface area contributed by atoms with Crippen LogP contribution in [0.15, 0.2) is 17.0 Å². The average Bonchev–Trinajstić information content (AvgIpc) is 3.18. The van der Waals surface area contributed by atoms with Gasteiger partial charge in [-0.3, -0.25) is 9.69 Å². The van der Waals surface area contributed by atoms with Gasteiger partial charge in [-0.2, -0.15) is 0 Å². The van der Waals surface area contributed by atoms with Crippen LogP contribution >= 0.6 is 15.9 Å². The zero-order valence-electron chi connectivity index (χ0n) is 11.7. The normalized spacial score (nSPS) is 24.7. The number of halogens is 1. The van der Waals surface area contributed by atoms with Crippen LogP contribution in [0.2, 0.25) is 0 Å². The Bertz CT molecular complexity index is 517. The molecule has 0 radical (unpaired) electrons. The van der Waals surface area contributed by atoms with Crippen LogP contribution in [0.1, 0.15) is 25.7 Å². The average molecular weight is 355 g/mol. The van der Waals surface area contributed by atoms with E-state index in [9.17, 15) is 4.79 Å². The number of carboxylic acid groups (broad SMARTS) is 1. The maximum absolute atomic E-state index is 11.0. The number of aliphatic carboxylic acids is 1. The van der Waals surface area contributed by atoms with Gasteiger partial charge in [0.05, 0.1) is 11.0 Å². The molecule has 0 spiro atoms. The maximum Gasteiger partial charge on any atom is 0.317 e. The lowest BCUT2D eigenvalue weighted by Gasteiger charge is -2.43. The van der Waals surface area contributed by atoms with E-state index >= 15 is 0 Å². The molecule has 2 saturated carbocycles. The van der Waals surface area contributed by atoms with Crippen molar-refractivity contribution in [3.05, 3.63) is 17.0 Å². The number of hydrogen-bond acceptors (Lipinski definition) is 5. The summed E-state index contributed by atoms with van der Waals surface area (Å²) in [5.41, 5.74) is 0. The molecule has 0 aliphatic heterocycles. The monoisotopic (exact) mass is 354 g/mol. The van der Waals surface area contributed by atoms with Gasteiger partial charge in [-0.25, -0.2) is 9.97 Å². The molecular weight excluding hydrogens is 336 g/mol. The van der Waals surface area contributed by atoms with Crippen LogP contribution in [-0.2, 0) is 4.79 Å². The summed E-state index contributed by atoms with van der Waals surface area (Å²) in [6, 6.07) is 0.733. The highest BCUT2D eigenvalue weighted by molar-refractivity contribution is 9.10. The third-order valence-corrected chi connectivity index (χ3v) is 4.75. The molecule has 114 valence electrons. The van der Waals surface area contributed by atoms with Crippen LogP contribution in [-0.4, -0.2) is 51.1 Å². The molecule has 0 aromatic carbocycles. The molecule has 7 heteroatoms. The summed E-state index contributed by atoms with van der Waals surface area (Å²) in [5.74, 6) is 0.790. The predicted molar refractivity (Wildman–Crippen MR) is 82.1 cm³/mol. The summed E-state index contributed by atoms with van der Waals surface area (Å²) in [6.45, 7) is 1.09. The molecule has 3 rings (SSSR count). The van der Waals surface area contributed by atoms with Gasteiger partial charge >= 0.3 is 5.97 Å². The van der Waals surface area contributed by atoms with Crippen LogP contribution in [0.4, 0.5) is 5.82 Å². The third kappa shape index (κ3) is 3.91. The highest BCUT2D eigenvalue weighted by Crippen LogP contribution is 2.35. The molecule has 1 heterocycles. The first-order valence-corrected chi connectivity index (χ1v) is 8.09. The summed E-state index contributed by atoms with van der Waals surface area (Å²) in [6.07, 6.45) is 7.67. The van der Waals surface area contributed by atoms with E-state index in [0.29, 0.717) is 18.0 Å². The van der Waals surface area contributed by atoms with Crippen molar-refractivity contribution in [3.63, 3.8) is 0 Å². The minimum Gasteiger partial charge on any atom is -0.480 e. The van der Waals surface area contributed by atoms with Gasteiger partial charge in [0.2, 0.25) is 0 Å². The number of hydrogen-bond donors (Lipinski definition) is 2. The van der Waals surface area contributed by atoms with Crippen molar-refractivity contribution in [1.29, 1.82) is 0 Å². The van der Waals surface area contributed by atoms with Gasteiger partial charge in [0.25, 0.3) is 0 Å². The summed E-state index contributed by atoms with van der Waals surface area (Å²) < 4.78 is 0.855. The lowest BCUT2D eigenvalue weighted by Crippen LogP contribution is -2.52. The van der Waals surface area contributed by atoms with Crippen molar-refractivity contribution in [2.24, 2.45) is 5.92 Å². The molecule has 0 unspecified atom stereocenters. The van der Waals surface area contributed by atoms with Gasteiger partial charge in [0.1, 0.15) is 12.1 Å². The second kappa shape index (κ2) is 6.27. The number of anilines is 1. The van der Waals surface area contributed by atoms with Crippen molar-refractivity contribution in [2.45, 2.75) is 37.8 Å². The first kappa shape index (κ1) is 14.7. The number of carboxylic acids is 1. The second-order valence-electron chi connectivity index (χ2n) is 5.95. The summed E-state index contributed by atoms with van der Waals surface area (Å²) in [7, 11) is 0. The Balaban J connectivity index is 1.51. The Labute approximate surface area is 132 Å². The van der Waals surface area contributed by atoms with E-state index in [-0.39, 0.29) is 6.54 Å². The predicted octanol–water partition coefficient (Wildman–Crippen LogP) is 1.98. The molecule has 0 amide bonds. The summed E-state index contributed by atoms with van der Waals surface area (Å²) >= 11 is 3.42. The van der Waals surface area contributed by atoms with Gasteiger partial charge in [0.15, 0.2) is 0 Å². The SMILES string of the molecule is O=C(O)CN(CC1CC1)C1CC(Nc2ncncc2Br)C1. The maximum atomic E-state index is 11.0. The molecule has 0 saturated heterocycles. The van der Waals surface area contributed by atoms with E-state index in [1.165, 1.54) is 19.2 Å². The van der Waals surface area contributed by atoms with Crippen LogP contribution in [0.3, 0.4) is 0 Å². The number of nitrogens with one attached hydrogen (secondary N) is 1. The quantitative estimate of drug-likeness (QED) is 0.779. The molecular formula is C14H19BrN4O2. The molecule has 2 N–H and O–H groups in total. The lowest BCUT2D eigenvalue weighted by molar-refractivity contribution is -0.139. The summed E-state index contributed by atoms with van der Waals surface area (Å²) in [5, 5.41) is 12.4. The fourth-order valence-electron chi connectivity index (χ4n) is 2.76. The Morgan fingerprint density at radius 2 is 2.24 bits per heavy atom. The van der Waals surface area contributed by atoms with Crippen molar-refractivity contribution in [2.75, 3.05) is 18.4 Å². The standard InChI is InChI=1S/C14H19BrN4O2/c15-12-5-16-8-17-14(12)18-10-3-11(4-10)19(7-13(20)21)6-9-1-2-9/h5,8-11H,1-4,6-7H2,(H,20,21)(H,16,17,18). The first-order valence-electron chi connectivity index (χ1n) is 7.29. The Hall–Kier alpha value is -1.21. The van der Waals surface area contributed by atoms with E-state index in [1.807, 2.05) is 0 Å². The van der Waals surface area contributed by atoms with E-state index in [4.69, 9.17) is 5.11 Å². The molecule has 21 heavy (non-hydrogen) atoms. The van der Waals surface area contributed by atoms with Crippen molar-refractivity contribution in [1.82, 2.24) is 14.9 Å². The highest BCUT2D eigenvalue weighted by atomic mass is 79.9. The smallest absolute Gasteiger partial charge is 0.317 e. The minimum absolute atomic E-state index is 0.158. The minimum atomic E-state index is -0.731. The molecule has 2 aliphatic carbocycles. The Kier molecular flexibility index (Phi) is 4.40. The van der Waals surface area contributed by atoms with E-state index < -0.39 is 5.97 Å². The topological polar surface area (TPSA) is 78.4 Å². The molecule has 1 aromatic rings. The third-order valence-electron chi connectivity index (χ3n) is 4.17. The zero-order valence-corrected chi connectivity index (χ0v) is 13.3. The number of rotatable bonds is 7. The first-order chi connectivity index (χ1) is 10.1. The molecule has 6 nitrogen and oxygen atoms in total. The number of nitrogens with zero attached hydrogens (tertiary/aromatic N) is 3. The van der Waals surface area contributed by atoms with E-state index in [2.05, 4.69) is 36.1 Å². The zero-order chi connectivity index (χ0) is 14.8. The van der Waals surface area contributed by atoms with Crippen molar-refractivity contribution >= 4 is 27.7 Å². The van der Waals surface area contributed by atoms with Gasteiger partial charge in [-0.15, -0.1) is 0 Å². The largest absolute Gasteiger partial charge is 0.480 e. The van der Waals surface area contributed by atoms with E-state index in [1.54, 1.807) is 6.20 Å². The fraction of sp³-hybridized carbons (Fsp3) is 0.643. The van der Waals surface area contributed by atoms with Crippen molar-refractivity contribution < 1.29 is 9.90 Å². The van der Waals surface area contributed by atoms with Gasteiger partial charge in [-0.1, -0.05) is 0 Å². The van der Waals surface area contributed by atoms with Gasteiger partial charge in [0, 0.05) is 24.8 Å². The van der Waals surface area contributed by atoms with Crippen LogP contribution in [0.5, 0.6) is 0 Å². The molecule has 0 bridgehead atoms. The molecule has 2 aliphatic rings. The van der Waals surface area contributed by atoms with Crippen molar-refractivity contribution in [3.8, 4) is 0 Å². The number of carbonyl (C=O) groups is 1. The fourth-order valence-corrected chi connectivity index (χ4v) is 3.10. The van der Waals surface area contributed by atoms with E-state index in [0.717, 1.165) is 29.7 Å². The highest BCUT2D eigenvalue weighted by Gasteiger charge is 2.37. The van der Waals surface area contributed by atoms with Gasteiger partial charge in [-0.05, 0) is 47.5 Å². The molecule has 1 aromatic heterocycles.